The molecule has 3 heterocycles. The van der Waals surface area contributed by atoms with Gasteiger partial charge in [-0.2, -0.15) is 0 Å². The van der Waals surface area contributed by atoms with Gasteiger partial charge in [0.05, 0.1) is 23.1 Å². The van der Waals surface area contributed by atoms with E-state index in [1.807, 2.05) is 35.2 Å². The number of pyridine rings is 1. The number of thiocarbonyl (C=S) groups is 1. The second kappa shape index (κ2) is 8.26. The molecule has 2 N–H and O–H groups in total. The van der Waals surface area contributed by atoms with Crippen molar-refractivity contribution in [3.63, 3.8) is 0 Å². The highest BCUT2D eigenvalue weighted by Crippen LogP contribution is 2.45. The molecule has 160 valence electrons. The first-order chi connectivity index (χ1) is 15.5. The standard InChI is InChI=1S/C24H18ClFN4OS/c25-15-10-11-21(31)20(14-15)30-23(22(28-24(30)32)17-7-3-4-12-27-17)19-9-5-13-29(19)18-8-2-1-6-16(18)26/h1-14,22-23,31H,(H,28,32). The first-order valence-corrected chi connectivity index (χ1v) is 10.7. The number of aromatic hydroxyl groups is 1. The fourth-order valence-corrected chi connectivity index (χ4v) is 4.61. The van der Waals surface area contributed by atoms with Crippen LogP contribution in [0.2, 0.25) is 5.02 Å². The average Bonchev–Trinajstić information content (AvgIpc) is 3.40. The van der Waals surface area contributed by atoms with E-state index in [4.69, 9.17) is 23.8 Å². The van der Waals surface area contributed by atoms with Crippen LogP contribution < -0.4 is 10.2 Å². The monoisotopic (exact) mass is 464 g/mol. The number of phenolic OH excluding ortho intramolecular Hbond substituents is 1. The van der Waals surface area contributed by atoms with Crippen LogP contribution in [0.25, 0.3) is 5.69 Å². The molecule has 0 amide bonds. The first kappa shape index (κ1) is 20.5. The molecular formula is C24H18ClFN4OS. The van der Waals surface area contributed by atoms with Crippen molar-refractivity contribution in [3.8, 4) is 11.4 Å². The predicted octanol–water partition coefficient (Wildman–Crippen LogP) is 5.55. The van der Waals surface area contributed by atoms with E-state index in [1.165, 1.54) is 12.1 Å². The number of nitrogens with zero attached hydrogens (tertiary/aromatic N) is 3. The topological polar surface area (TPSA) is 53.3 Å². The van der Waals surface area contributed by atoms with E-state index in [0.717, 1.165) is 11.4 Å². The molecule has 0 aliphatic carbocycles. The van der Waals surface area contributed by atoms with Gasteiger partial charge in [0.25, 0.3) is 0 Å². The molecule has 1 aliphatic heterocycles. The molecule has 1 saturated heterocycles. The highest BCUT2D eigenvalue weighted by atomic mass is 35.5. The molecule has 5 nitrogen and oxygen atoms in total. The molecule has 0 radical (unpaired) electrons. The minimum atomic E-state index is -0.434. The fraction of sp³-hybridized carbons (Fsp3) is 0.0833. The number of benzene rings is 2. The number of aromatic nitrogens is 2. The highest BCUT2D eigenvalue weighted by Gasteiger charge is 2.43. The van der Waals surface area contributed by atoms with Crippen molar-refractivity contribution in [2.24, 2.45) is 0 Å². The van der Waals surface area contributed by atoms with Crippen LogP contribution in [0.5, 0.6) is 5.75 Å². The van der Waals surface area contributed by atoms with Crippen molar-refractivity contribution in [2.75, 3.05) is 4.90 Å². The van der Waals surface area contributed by atoms with E-state index in [-0.39, 0.29) is 17.6 Å². The maximum Gasteiger partial charge on any atom is 0.174 e. The fourth-order valence-electron chi connectivity index (χ4n) is 4.11. The van der Waals surface area contributed by atoms with Crippen molar-refractivity contribution in [3.05, 3.63) is 107 Å². The van der Waals surface area contributed by atoms with Gasteiger partial charge in [-0.3, -0.25) is 4.98 Å². The zero-order valence-corrected chi connectivity index (χ0v) is 18.3. The van der Waals surface area contributed by atoms with Crippen molar-refractivity contribution < 1.29 is 9.50 Å². The summed E-state index contributed by atoms with van der Waals surface area (Å²) in [5.41, 5.74) is 2.42. The van der Waals surface area contributed by atoms with Crippen LogP contribution in [0.4, 0.5) is 10.1 Å². The summed E-state index contributed by atoms with van der Waals surface area (Å²) in [6.45, 7) is 0. The third-order valence-corrected chi connectivity index (χ3v) is 6.04. The smallest absolute Gasteiger partial charge is 0.174 e. The second-order valence-corrected chi connectivity index (χ2v) is 8.21. The molecular weight excluding hydrogens is 447 g/mol. The molecule has 32 heavy (non-hydrogen) atoms. The number of anilines is 1. The molecule has 0 bridgehead atoms. The lowest BCUT2D eigenvalue weighted by Crippen LogP contribution is -2.30. The largest absolute Gasteiger partial charge is 0.506 e. The number of rotatable bonds is 4. The lowest BCUT2D eigenvalue weighted by Gasteiger charge is -2.29. The minimum Gasteiger partial charge on any atom is -0.506 e. The number of halogens is 2. The Morgan fingerprint density at radius 3 is 2.59 bits per heavy atom. The highest BCUT2D eigenvalue weighted by molar-refractivity contribution is 7.80. The molecule has 2 atom stereocenters. The Labute approximate surface area is 194 Å². The maximum absolute atomic E-state index is 14.7. The molecule has 5 rings (SSSR count). The van der Waals surface area contributed by atoms with E-state index >= 15 is 0 Å². The molecule has 8 heteroatoms. The van der Waals surface area contributed by atoms with Crippen LogP contribution >= 0.6 is 23.8 Å². The van der Waals surface area contributed by atoms with Gasteiger partial charge in [-0.05, 0) is 66.8 Å². The number of hydrogen-bond acceptors (Lipinski definition) is 3. The Kier molecular flexibility index (Phi) is 5.28. The van der Waals surface area contributed by atoms with E-state index in [0.29, 0.717) is 21.5 Å². The molecule has 4 aromatic rings. The lowest BCUT2D eigenvalue weighted by molar-refractivity contribution is 0.471. The van der Waals surface area contributed by atoms with Gasteiger partial charge in [-0.25, -0.2) is 4.39 Å². The third-order valence-electron chi connectivity index (χ3n) is 5.49. The summed E-state index contributed by atoms with van der Waals surface area (Å²) in [4.78, 5) is 6.33. The first-order valence-electron chi connectivity index (χ1n) is 9.96. The van der Waals surface area contributed by atoms with Crippen LogP contribution in [0.1, 0.15) is 23.5 Å². The molecule has 1 fully saturated rings. The van der Waals surface area contributed by atoms with Crippen LogP contribution in [-0.2, 0) is 0 Å². The Bertz CT molecular complexity index is 1300. The van der Waals surface area contributed by atoms with E-state index in [2.05, 4.69) is 10.3 Å². The SMILES string of the molecule is Oc1ccc(Cl)cc1N1C(=S)NC(c2ccccn2)C1c1cccn1-c1ccccc1F. The predicted molar refractivity (Wildman–Crippen MR) is 127 cm³/mol. The molecule has 2 unspecified atom stereocenters. The van der Waals surface area contributed by atoms with Gasteiger partial charge in [-0.15, -0.1) is 0 Å². The summed E-state index contributed by atoms with van der Waals surface area (Å²) < 4.78 is 16.5. The maximum atomic E-state index is 14.7. The van der Waals surface area contributed by atoms with Gasteiger partial charge in [0.2, 0.25) is 0 Å². The number of hydrogen-bond donors (Lipinski definition) is 2. The van der Waals surface area contributed by atoms with E-state index in [9.17, 15) is 9.50 Å². The number of para-hydroxylation sites is 1. The average molecular weight is 465 g/mol. The van der Waals surface area contributed by atoms with Gasteiger partial charge in [-0.1, -0.05) is 29.8 Å². The summed E-state index contributed by atoms with van der Waals surface area (Å²) in [5, 5.41) is 14.8. The summed E-state index contributed by atoms with van der Waals surface area (Å²) in [5.74, 6) is -0.306. The van der Waals surface area contributed by atoms with Crippen LogP contribution in [0, 0.1) is 5.82 Å². The van der Waals surface area contributed by atoms with Crippen molar-refractivity contribution in [1.82, 2.24) is 14.9 Å². The molecule has 0 saturated carbocycles. The Hall–Kier alpha value is -3.42. The van der Waals surface area contributed by atoms with Crippen LogP contribution in [0.15, 0.2) is 85.2 Å². The van der Waals surface area contributed by atoms with Crippen LogP contribution in [-0.4, -0.2) is 19.8 Å². The van der Waals surface area contributed by atoms with Crippen molar-refractivity contribution in [2.45, 2.75) is 12.1 Å². The number of nitrogens with one attached hydrogen (secondary N) is 1. The second-order valence-electron chi connectivity index (χ2n) is 7.38. The molecule has 0 spiro atoms. The zero-order chi connectivity index (χ0) is 22.2. The quantitative estimate of drug-likeness (QED) is 0.388. The third kappa shape index (κ3) is 3.49. The summed E-state index contributed by atoms with van der Waals surface area (Å²) in [7, 11) is 0. The summed E-state index contributed by atoms with van der Waals surface area (Å²) in [6.07, 6.45) is 3.52. The Morgan fingerprint density at radius 2 is 1.81 bits per heavy atom. The summed E-state index contributed by atoms with van der Waals surface area (Å²) >= 11 is 11.9. The van der Waals surface area contributed by atoms with Gasteiger partial charge in [0.15, 0.2) is 5.11 Å². The van der Waals surface area contributed by atoms with Crippen molar-refractivity contribution >= 4 is 34.6 Å². The Morgan fingerprint density at radius 1 is 1.00 bits per heavy atom. The van der Waals surface area contributed by atoms with Gasteiger partial charge < -0.3 is 19.9 Å². The van der Waals surface area contributed by atoms with Crippen LogP contribution in [0.3, 0.4) is 0 Å². The normalized spacial score (nSPS) is 18.1. The van der Waals surface area contributed by atoms with Gasteiger partial charge in [0, 0.05) is 23.1 Å². The lowest BCUT2D eigenvalue weighted by atomic mass is 10.0. The van der Waals surface area contributed by atoms with E-state index in [1.54, 1.807) is 47.3 Å². The molecule has 1 aliphatic rings. The van der Waals surface area contributed by atoms with Crippen molar-refractivity contribution in [1.29, 1.82) is 0 Å². The van der Waals surface area contributed by atoms with Gasteiger partial charge in [0.1, 0.15) is 17.6 Å². The zero-order valence-electron chi connectivity index (χ0n) is 16.7. The number of phenols is 1. The minimum absolute atomic E-state index is 0.0363. The molecule has 2 aromatic carbocycles. The summed E-state index contributed by atoms with van der Waals surface area (Å²) in [6, 6.07) is 20.0. The van der Waals surface area contributed by atoms with Gasteiger partial charge >= 0.3 is 0 Å². The Balaban J connectivity index is 1.71. The molecule has 2 aromatic heterocycles. The van der Waals surface area contributed by atoms with E-state index < -0.39 is 6.04 Å².